The summed E-state index contributed by atoms with van der Waals surface area (Å²) in [7, 11) is 2.31. The first kappa shape index (κ1) is 42.3. The summed E-state index contributed by atoms with van der Waals surface area (Å²) in [6.45, 7) is 7.98. The van der Waals surface area contributed by atoms with Crippen LogP contribution in [0, 0.1) is 0 Å². The van der Waals surface area contributed by atoms with Crippen LogP contribution in [0.2, 0.25) is 0 Å². The molecule has 0 aromatic heterocycles. The third kappa shape index (κ3) is 20.3. The fourth-order valence-corrected chi connectivity index (χ4v) is 7.07. The molecule has 0 spiro atoms. The highest BCUT2D eigenvalue weighted by Gasteiger charge is 2.48. The van der Waals surface area contributed by atoms with Crippen molar-refractivity contribution in [3.05, 3.63) is 0 Å². The quantitative estimate of drug-likeness (QED) is 0.0411. The molecule has 0 radical (unpaired) electrons. The van der Waals surface area contributed by atoms with Gasteiger partial charge in [-0.1, -0.05) is 142 Å². The number of amides is 1. The van der Waals surface area contributed by atoms with Gasteiger partial charge in [-0.15, -0.1) is 0 Å². The molecule has 1 fully saturated rings. The zero-order chi connectivity index (χ0) is 33.2. The van der Waals surface area contributed by atoms with E-state index in [1.165, 1.54) is 154 Å². The Balaban J connectivity index is 2.39. The number of carbonyl (C=O) groups excluding carboxylic acids is 1. The van der Waals surface area contributed by atoms with Crippen molar-refractivity contribution in [2.75, 3.05) is 33.2 Å². The summed E-state index contributed by atoms with van der Waals surface area (Å²) in [4.78, 5) is 12.9. The van der Waals surface area contributed by atoms with E-state index < -0.39 is 29.8 Å². The van der Waals surface area contributed by atoms with E-state index in [9.17, 15) is 25.2 Å². The molecule has 0 unspecified atom stereocenters. The van der Waals surface area contributed by atoms with Crippen molar-refractivity contribution < 1.29 is 29.7 Å². The Morgan fingerprint density at radius 2 is 0.889 bits per heavy atom. The molecule has 1 saturated carbocycles. The number of aliphatic hydroxyl groups is 4. The number of aliphatic hydroxyl groups excluding tert-OH is 3. The van der Waals surface area contributed by atoms with Crippen LogP contribution in [-0.4, -0.2) is 88.0 Å². The van der Waals surface area contributed by atoms with E-state index in [0.717, 1.165) is 24.1 Å². The minimum absolute atomic E-state index is 0.263. The smallest absolute Gasteiger partial charge is 0.252 e. The Kier molecular flexibility index (Phi) is 24.7. The van der Waals surface area contributed by atoms with Crippen LogP contribution in [0.25, 0.3) is 0 Å². The predicted molar refractivity (Wildman–Crippen MR) is 188 cm³/mol. The van der Waals surface area contributed by atoms with E-state index in [2.05, 4.69) is 26.2 Å². The van der Waals surface area contributed by atoms with Crippen molar-refractivity contribution in [2.45, 2.75) is 205 Å². The molecular formula is C38H77N2O5+. The van der Waals surface area contributed by atoms with Crippen molar-refractivity contribution in [3.8, 4) is 0 Å². The maximum atomic E-state index is 12.9. The molecule has 0 bridgehead atoms. The molecule has 0 heterocycles. The van der Waals surface area contributed by atoms with Gasteiger partial charge in [0.05, 0.1) is 45.4 Å². The number of carbonyl (C=O) groups is 1. The minimum Gasteiger partial charge on any atom is -0.390 e. The maximum absolute atomic E-state index is 12.9. The molecule has 1 aliphatic rings. The van der Waals surface area contributed by atoms with Gasteiger partial charge in [-0.05, 0) is 25.7 Å². The normalized spacial score (nSPS) is 22.2. The summed E-state index contributed by atoms with van der Waals surface area (Å²) in [6, 6.07) is 0. The average Bonchev–Trinajstić information content (AvgIpc) is 3.01. The second kappa shape index (κ2) is 26.3. The third-order valence-electron chi connectivity index (χ3n) is 10.3. The van der Waals surface area contributed by atoms with Gasteiger partial charge in [0, 0.05) is 12.8 Å². The molecule has 0 aromatic rings. The molecule has 5 N–H and O–H groups in total. The van der Waals surface area contributed by atoms with Crippen molar-refractivity contribution in [3.63, 3.8) is 0 Å². The van der Waals surface area contributed by atoms with E-state index >= 15 is 0 Å². The van der Waals surface area contributed by atoms with Gasteiger partial charge in [0.1, 0.15) is 11.7 Å². The summed E-state index contributed by atoms with van der Waals surface area (Å²) >= 11 is 0. The van der Waals surface area contributed by atoms with Crippen LogP contribution in [0.3, 0.4) is 0 Å². The molecule has 268 valence electrons. The number of hydrogen-bond donors (Lipinski definition) is 5. The van der Waals surface area contributed by atoms with Gasteiger partial charge >= 0.3 is 0 Å². The van der Waals surface area contributed by atoms with E-state index in [-0.39, 0.29) is 12.8 Å². The van der Waals surface area contributed by atoms with Gasteiger partial charge in [-0.3, -0.25) is 4.79 Å². The third-order valence-corrected chi connectivity index (χ3v) is 10.3. The summed E-state index contributed by atoms with van der Waals surface area (Å²) < 4.78 is 0.915. The van der Waals surface area contributed by atoms with Crippen LogP contribution < -0.4 is 5.32 Å². The first-order chi connectivity index (χ1) is 21.7. The fraction of sp³-hybridized carbons (Fsp3) is 0.974. The largest absolute Gasteiger partial charge is 0.390 e. The van der Waals surface area contributed by atoms with Crippen LogP contribution in [0.5, 0.6) is 0 Å². The average molecular weight is 642 g/mol. The Bertz CT molecular complexity index is 666. The van der Waals surface area contributed by atoms with E-state index in [0.29, 0.717) is 6.54 Å². The van der Waals surface area contributed by atoms with Gasteiger partial charge in [-0.2, -0.15) is 0 Å². The number of unbranched alkanes of at least 4 members (excludes halogenated alkanes) is 22. The van der Waals surface area contributed by atoms with E-state index in [1.54, 1.807) is 0 Å². The second-order valence-electron chi connectivity index (χ2n) is 14.9. The molecule has 0 aromatic carbocycles. The van der Waals surface area contributed by atoms with Gasteiger partial charge in [0.15, 0.2) is 0 Å². The lowest BCUT2D eigenvalue weighted by molar-refractivity contribution is -0.908. The van der Waals surface area contributed by atoms with Crippen molar-refractivity contribution >= 4 is 5.91 Å². The first-order valence-electron chi connectivity index (χ1n) is 19.6. The lowest BCUT2D eigenvalue weighted by atomic mass is 9.79. The number of nitrogens with zero attached hydrogens (tertiary/aromatic N) is 1. The van der Waals surface area contributed by atoms with Crippen molar-refractivity contribution in [1.82, 2.24) is 5.32 Å². The lowest BCUT2D eigenvalue weighted by Crippen LogP contribution is -2.60. The van der Waals surface area contributed by atoms with Gasteiger partial charge in [0.2, 0.25) is 0 Å². The lowest BCUT2D eigenvalue weighted by Gasteiger charge is -2.39. The number of nitrogens with one attached hydrogen (secondary N) is 1. The van der Waals surface area contributed by atoms with Gasteiger partial charge in [-0.25, -0.2) is 0 Å². The Morgan fingerprint density at radius 3 is 1.22 bits per heavy atom. The van der Waals surface area contributed by atoms with Crippen molar-refractivity contribution in [2.24, 2.45) is 0 Å². The SMILES string of the molecule is CCCCCCCCCCCCCC[N+](C)(CCCCCCCCCCCCCC)CCNC(=O)C1(O)C[C@@H](O)C(O)[C@H](O)C1. The zero-order valence-corrected chi connectivity index (χ0v) is 30.1. The summed E-state index contributed by atoms with van der Waals surface area (Å²) in [5.41, 5.74) is -1.85. The molecule has 0 saturated heterocycles. The van der Waals surface area contributed by atoms with E-state index in [1.807, 2.05) is 0 Å². The van der Waals surface area contributed by atoms with E-state index in [4.69, 9.17) is 0 Å². The molecule has 0 aliphatic heterocycles. The number of rotatable bonds is 30. The first-order valence-corrected chi connectivity index (χ1v) is 19.6. The Morgan fingerprint density at radius 1 is 0.578 bits per heavy atom. The number of likely N-dealkylation sites (N-methyl/N-ethyl adjacent to an activating group) is 1. The van der Waals surface area contributed by atoms with Gasteiger partial charge in [0.25, 0.3) is 5.91 Å². The summed E-state index contributed by atoms with van der Waals surface area (Å²) in [5, 5.41) is 43.6. The predicted octanol–water partition coefficient (Wildman–Crippen LogP) is 7.56. The van der Waals surface area contributed by atoms with Crippen LogP contribution >= 0.6 is 0 Å². The van der Waals surface area contributed by atoms with Crippen LogP contribution in [0.4, 0.5) is 0 Å². The van der Waals surface area contributed by atoms with Crippen LogP contribution in [0.15, 0.2) is 0 Å². The molecule has 7 heteroatoms. The molecular weight excluding hydrogens is 564 g/mol. The van der Waals surface area contributed by atoms with Crippen molar-refractivity contribution in [1.29, 1.82) is 0 Å². The highest BCUT2D eigenvalue weighted by atomic mass is 16.4. The second-order valence-corrected chi connectivity index (χ2v) is 14.9. The van der Waals surface area contributed by atoms with Gasteiger partial charge < -0.3 is 30.2 Å². The molecule has 7 nitrogen and oxygen atoms in total. The molecule has 1 aliphatic carbocycles. The Hall–Kier alpha value is -0.730. The fourth-order valence-electron chi connectivity index (χ4n) is 7.07. The highest BCUT2D eigenvalue weighted by Crippen LogP contribution is 2.29. The maximum Gasteiger partial charge on any atom is 0.252 e. The molecule has 1 amide bonds. The standard InChI is InChI=1S/C38H76N2O5/c1-4-6-8-10-12-14-16-18-20-22-24-26-29-40(3,30-27-25-23-21-19-17-15-13-11-9-7-5-2)31-28-39-37(44)38(45)32-34(41)36(43)35(42)33-38/h34-36,41-43,45H,4-33H2,1-3H3/p+1/t34-,35-,36?,38?/m1/s1. The zero-order valence-electron chi connectivity index (χ0n) is 30.1. The topological polar surface area (TPSA) is 110 Å². The summed E-state index contributed by atoms with van der Waals surface area (Å²) in [5.74, 6) is -0.560. The van der Waals surface area contributed by atoms with Crippen LogP contribution in [-0.2, 0) is 4.79 Å². The minimum atomic E-state index is -1.85. The monoisotopic (exact) mass is 642 g/mol. The number of hydrogen-bond acceptors (Lipinski definition) is 5. The summed E-state index contributed by atoms with van der Waals surface area (Å²) in [6.07, 6.45) is 27.7. The molecule has 2 atom stereocenters. The molecule has 1 rings (SSSR count). The highest BCUT2D eigenvalue weighted by molar-refractivity contribution is 5.85. The van der Waals surface area contributed by atoms with Crippen LogP contribution in [0.1, 0.15) is 181 Å². The Labute approximate surface area is 278 Å². The number of quaternary nitrogens is 1. The molecule has 45 heavy (non-hydrogen) atoms.